The smallest absolute Gasteiger partial charge is 0.326 e. The van der Waals surface area contributed by atoms with Crippen LogP contribution in [0.25, 0.3) is 0 Å². The van der Waals surface area contributed by atoms with Crippen molar-refractivity contribution in [2.45, 2.75) is 116 Å². The largest absolute Gasteiger partial charge is 0.480 e. The van der Waals surface area contributed by atoms with E-state index in [1.54, 1.807) is 0 Å². The Labute approximate surface area is 195 Å². The minimum Gasteiger partial charge on any atom is -0.480 e. The minimum atomic E-state index is -0.984. The number of amides is 1. The van der Waals surface area contributed by atoms with Gasteiger partial charge in [-0.05, 0) is 37.7 Å². The fourth-order valence-corrected chi connectivity index (χ4v) is 3.85. The van der Waals surface area contributed by atoms with Crippen LogP contribution in [0.5, 0.6) is 0 Å². The molecule has 1 amide bonds. The molecule has 0 fully saturated rings. The van der Waals surface area contributed by atoms with Gasteiger partial charge in [0.05, 0.1) is 0 Å². The lowest BCUT2D eigenvalue weighted by atomic mass is 10.1. The van der Waals surface area contributed by atoms with Gasteiger partial charge in [0, 0.05) is 12.8 Å². The summed E-state index contributed by atoms with van der Waals surface area (Å²) in [6, 6.07) is 8.55. The first-order valence-electron chi connectivity index (χ1n) is 12.8. The monoisotopic (exact) mass is 443 g/mol. The molecule has 0 saturated heterocycles. The average molecular weight is 444 g/mol. The molecular formula is C28H45NO3. The third-order valence-corrected chi connectivity index (χ3v) is 5.83. The number of unbranched alkanes of at least 4 members (excludes halogenated alkanes) is 12. The van der Waals surface area contributed by atoms with Crippen LogP contribution in [-0.2, 0) is 16.0 Å². The Kier molecular flexibility index (Phi) is 17.1. The summed E-state index contributed by atoms with van der Waals surface area (Å²) in [6.45, 7) is 2.26. The lowest BCUT2D eigenvalue weighted by molar-refractivity contribution is -0.141. The molecule has 0 saturated carbocycles. The highest BCUT2D eigenvalue weighted by Crippen LogP contribution is 2.11. The molecule has 0 aliphatic heterocycles. The van der Waals surface area contributed by atoms with Crippen molar-refractivity contribution in [1.29, 1.82) is 0 Å². The third-order valence-electron chi connectivity index (χ3n) is 5.83. The van der Waals surface area contributed by atoms with E-state index in [1.165, 1.54) is 64.2 Å². The van der Waals surface area contributed by atoms with Crippen molar-refractivity contribution in [3.8, 4) is 0 Å². The van der Waals surface area contributed by atoms with Crippen LogP contribution in [0.15, 0.2) is 42.5 Å². The Morgan fingerprint density at radius 1 is 0.812 bits per heavy atom. The standard InChI is InChI=1S/C28H45NO3/c1-2-3-4-5-6-7-8-9-10-11-12-13-14-15-16-20-23-27(30)29-26(28(31)32)24-25-21-18-17-19-22-25/h10-11,17-19,21-22,26H,2-9,12-16,20,23-24H2,1H3,(H,29,30)(H,31,32)/b11-10-/t26-/m0/s1. The maximum Gasteiger partial charge on any atom is 0.326 e. The van der Waals surface area contributed by atoms with Crippen LogP contribution < -0.4 is 5.32 Å². The summed E-state index contributed by atoms with van der Waals surface area (Å²) in [5, 5.41) is 12.0. The molecule has 1 rings (SSSR count). The van der Waals surface area contributed by atoms with E-state index in [4.69, 9.17) is 0 Å². The molecule has 1 aromatic carbocycles. The number of hydrogen-bond donors (Lipinski definition) is 2. The number of allylic oxidation sites excluding steroid dienone is 2. The van der Waals surface area contributed by atoms with Gasteiger partial charge in [-0.15, -0.1) is 0 Å². The molecule has 2 N–H and O–H groups in total. The maximum atomic E-state index is 12.1. The van der Waals surface area contributed by atoms with Gasteiger partial charge < -0.3 is 10.4 Å². The van der Waals surface area contributed by atoms with Crippen molar-refractivity contribution in [3.63, 3.8) is 0 Å². The van der Waals surface area contributed by atoms with Crippen LogP contribution in [0.3, 0.4) is 0 Å². The average Bonchev–Trinajstić information content (AvgIpc) is 2.79. The van der Waals surface area contributed by atoms with Crippen LogP contribution >= 0.6 is 0 Å². The second-order valence-corrected chi connectivity index (χ2v) is 8.84. The number of hydrogen-bond acceptors (Lipinski definition) is 2. The molecule has 0 spiro atoms. The first-order chi connectivity index (χ1) is 15.6. The van der Waals surface area contributed by atoms with Gasteiger partial charge in [-0.25, -0.2) is 4.79 Å². The number of carbonyl (C=O) groups excluding carboxylic acids is 1. The number of carboxylic acids is 1. The van der Waals surface area contributed by atoms with Gasteiger partial charge in [0.15, 0.2) is 0 Å². The second kappa shape index (κ2) is 19.6. The Bertz CT molecular complexity index is 627. The molecule has 4 nitrogen and oxygen atoms in total. The molecule has 1 aromatic rings. The number of nitrogens with one attached hydrogen (secondary N) is 1. The van der Waals surface area contributed by atoms with E-state index in [9.17, 15) is 14.7 Å². The highest BCUT2D eigenvalue weighted by atomic mass is 16.4. The Hall–Kier alpha value is -2.10. The molecule has 0 aromatic heterocycles. The van der Waals surface area contributed by atoms with Gasteiger partial charge in [-0.1, -0.05) is 107 Å². The number of aliphatic carboxylic acids is 1. The van der Waals surface area contributed by atoms with Gasteiger partial charge in [-0.3, -0.25) is 4.79 Å². The Balaban J connectivity index is 1.97. The molecule has 1 atom stereocenters. The molecule has 0 aliphatic rings. The Morgan fingerprint density at radius 3 is 1.91 bits per heavy atom. The zero-order chi connectivity index (χ0) is 23.3. The lowest BCUT2D eigenvalue weighted by Gasteiger charge is -2.14. The molecule has 32 heavy (non-hydrogen) atoms. The summed E-state index contributed by atoms with van der Waals surface area (Å²) in [6.07, 6.45) is 22.7. The predicted octanol–water partition coefficient (Wildman–Crippen LogP) is 7.23. The van der Waals surface area contributed by atoms with Gasteiger partial charge in [0.1, 0.15) is 6.04 Å². The van der Waals surface area contributed by atoms with E-state index in [0.29, 0.717) is 12.8 Å². The second-order valence-electron chi connectivity index (χ2n) is 8.84. The first-order valence-corrected chi connectivity index (χ1v) is 12.8. The van der Waals surface area contributed by atoms with Crippen molar-refractivity contribution in [2.24, 2.45) is 0 Å². The van der Waals surface area contributed by atoms with Crippen LogP contribution in [-0.4, -0.2) is 23.0 Å². The number of rotatable bonds is 20. The van der Waals surface area contributed by atoms with Crippen molar-refractivity contribution < 1.29 is 14.7 Å². The van der Waals surface area contributed by atoms with Crippen LogP contribution in [0.4, 0.5) is 0 Å². The summed E-state index contributed by atoms with van der Waals surface area (Å²) in [5.74, 6) is -1.15. The molecule has 0 bridgehead atoms. The van der Waals surface area contributed by atoms with E-state index >= 15 is 0 Å². The lowest BCUT2D eigenvalue weighted by Crippen LogP contribution is -2.42. The highest BCUT2D eigenvalue weighted by molar-refractivity contribution is 5.83. The summed E-state index contributed by atoms with van der Waals surface area (Å²) in [7, 11) is 0. The van der Waals surface area contributed by atoms with Gasteiger partial charge in [-0.2, -0.15) is 0 Å². The third kappa shape index (κ3) is 15.7. The maximum absolute atomic E-state index is 12.1. The van der Waals surface area contributed by atoms with E-state index in [0.717, 1.165) is 31.2 Å². The first kappa shape index (κ1) is 27.9. The summed E-state index contributed by atoms with van der Waals surface area (Å²) in [4.78, 5) is 23.6. The molecule has 0 unspecified atom stereocenters. The molecule has 180 valence electrons. The fourth-order valence-electron chi connectivity index (χ4n) is 3.85. The van der Waals surface area contributed by atoms with E-state index in [-0.39, 0.29) is 5.91 Å². The van der Waals surface area contributed by atoms with E-state index in [1.807, 2.05) is 30.3 Å². The molecule has 4 heteroatoms. The molecule has 0 aliphatic carbocycles. The van der Waals surface area contributed by atoms with Crippen molar-refractivity contribution in [2.75, 3.05) is 0 Å². The summed E-state index contributed by atoms with van der Waals surface area (Å²) in [5.41, 5.74) is 0.914. The SMILES string of the molecule is CCCCCCCCC/C=C\CCCCCCCC(=O)N[C@@H](Cc1ccccc1)C(=O)O. The van der Waals surface area contributed by atoms with Crippen molar-refractivity contribution in [3.05, 3.63) is 48.0 Å². The van der Waals surface area contributed by atoms with Gasteiger partial charge >= 0.3 is 5.97 Å². The number of benzene rings is 1. The van der Waals surface area contributed by atoms with Crippen LogP contribution in [0, 0.1) is 0 Å². The van der Waals surface area contributed by atoms with Crippen molar-refractivity contribution in [1.82, 2.24) is 5.32 Å². The normalized spacial score (nSPS) is 12.2. The quantitative estimate of drug-likeness (QED) is 0.165. The number of carboxylic acid groups (broad SMARTS) is 1. The highest BCUT2D eigenvalue weighted by Gasteiger charge is 2.19. The number of carbonyl (C=O) groups is 2. The summed E-state index contributed by atoms with van der Waals surface area (Å²) < 4.78 is 0. The zero-order valence-electron chi connectivity index (χ0n) is 20.2. The fraction of sp³-hybridized carbons (Fsp3) is 0.643. The predicted molar refractivity (Wildman–Crippen MR) is 134 cm³/mol. The summed E-state index contributed by atoms with van der Waals surface area (Å²) >= 11 is 0. The minimum absolute atomic E-state index is 0.165. The van der Waals surface area contributed by atoms with Crippen molar-refractivity contribution >= 4 is 11.9 Å². The molecular weight excluding hydrogens is 398 g/mol. The van der Waals surface area contributed by atoms with E-state index in [2.05, 4.69) is 24.4 Å². The van der Waals surface area contributed by atoms with Crippen LogP contribution in [0.2, 0.25) is 0 Å². The molecule has 0 radical (unpaired) electrons. The molecule has 0 heterocycles. The Morgan fingerprint density at radius 2 is 1.34 bits per heavy atom. The topological polar surface area (TPSA) is 66.4 Å². The van der Waals surface area contributed by atoms with E-state index < -0.39 is 12.0 Å². The van der Waals surface area contributed by atoms with Gasteiger partial charge in [0.25, 0.3) is 0 Å². The van der Waals surface area contributed by atoms with Crippen LogP contribution in [0.1, 0.15) is 109 Å². The van der Waals surface area contributed by atoms with Gasteiger partial charge in [0.2, 0.25) is 5.91 Å². The zero-order valence-corrected chi connectivity index (χ0v) is 20.2.